The highest BCUT2D eigenvalue weighted by molar-refractivity contribution is 6.61. The minimum atomic E-state index is -3.36. The molecule has 0 spiro atoms. The van der Waals surface area contributed by atoms with E-state index < -0.39 is 44.4 Å². The third-order valence-corrected chi connectivity index (χ3v) is 3.48. The molecule has 18 heavy (non-hydrogen) atoms. The number of imidazole rings is 1. The average molecular weight is 259 g/mol. The van der Waals surface area contributed by atoms with Gasteiger partial charge in [-0.25, -0.2) is 4.98 Å². The molecule has 2 rings (SSSR count). The summed E-state index contributed by atoms with van der Waals surface area (Å²) in [4.78, 5) is 4.00. The van der Waals surface area contributed by atoms with Gasteiger partial charge in [-0.3, -0.25) is 0 Å². The first kappa shape index (κ1) is 6.10. The highest BCUT2D eigenvalue weighted by atomic mass is 16.7. The lowest BCUT2D eigenvalue weighted by atomic mass is 9.85. The van der Waals surface area contributed by atoms with Crippen LogP contribution in [0.25, 0.3) is 0 Å². The van der Waals surface area contributed by atoms with Crippen molar-refractivity contribution in [2.45, 2.75) is 65.0 Å². The Balaban J connectivity index is 2.60. The van der Waals surface area contributed by atoms with Gasteiger partial charge in [0.25, 0.3) is 0 Å². The molecule has 4 nitrogen and oxygen atoms in total. The van der Waals surface area contributed by atoms with Crippen molar-refractivity contribution in [3.8, 4) is 0 Å². The van der Waals surface area contributed by atoms with Crippen LogP contribution in [0.15, 0.2) is 12.5 Å². The molecule has 1 fully saturated rings. The zero-order valence-electron chi connectivity index (χ0n) is 19.9. The summed E-state index contributed by atoms with van der Waals surface area (Å²) in [5.41, 5.74) is -4.47. The lowest BCUT2D eigenvalue weighted by molar-refractivity contribution is 0.00578. The Morgan fingerprint density at radius 2 is 1.78 bits per heavy atom. The van der Waals surface area contributed by atoms with Crippen molar-refractivity contribution in [2.75, 3.05) is 0 Å². The fourth-order valence-corrected chi connectivity index (χ4v) is 1.61. The lowest BCUT2D eigenvalue weighted by Crippen LogP contribution is -2.41. The van der Waals surface area contributed by atoms with Gasteiger partial charge in [-0.05, 0) is 48.3 Å². The fraction of sp³-hybridized carbons (Fsp3) is 0.769. The van der Waals surface area contributed by atoms with Gasteiger partial charge in [0.2, 0.25) is 0 Å². The smallest absolute Gasteiger partial charge is 0.398 e. The molecule has 5 heteroatoms. The Kier molecular flexibility index (Phi) is 1.30. The van der Waals surface area contributed by atoms with Crippen LogP contribution in [-0.2, 0) is 14.8 Å². The molecule has 1 aliphatic rings. The van der Waals surface area contributed by atoms with Crippen LogP contribution >= 0.6 is 0 Å². The summed E-state index contributed by atoms with van der Waals surface area (Å²) in [5.74, 6) is 0. The quantitative estimate of drug-likeness (QED) is 0.723. The van der Waals surface area contributed by atoms with Gasteiger partial charge in [0.1, 0.15) is 0 Å². The first-order valence-electron chi connectivity index (χ1n) is 10.2. The van der Waals surface area contributed by atoms with Crippen LogP contribution in [0.5, 0.6) is 0 Å². The lowest BCUT2D eigenvalue weighted by Gasteiger charge is -2.32. The van der Waals surface area contributed by atoms with Crippen LogP contribution < -0.4 is 5.59 Å². The second kappa shape index (κ2) is 3.84. The van der Waals surface area contributed by atoms with E-state index in [4.69, 9.17) is 21.6 Å². The topological polar surface area (TPSA) is 36.3 Å². The van der Waals surface area contributed by atoms with Gasteiger partial charge in [-0.2, -0.15) is 0 Å². The highest BCUT2D eigenvalue weighted by Gasteiger charge is 2.52. The van der Waals surface area contributed by atoms with E-state index in [9.17, 15) is 0 Å². The first-order chi connectivity index (χ1) is 11.8. The van der Waals surface area contributed by atoms with Gasteiger partial charge in [0.15, 0.2) is 0 Å². The van der Waals surface area contributed by atoms with E-state index in [0.717, 1.165) is 12.5 Å². The summed E-state index contributed by atoms with van der Waals surface area (Å²) in [6.45, 7) is -2.86. The van der Waals surface area contributed by atoms with Crippen molar-refractivity contribution in [1.82, 2.24) is 9.55 Å². The Bertz CT molecular complexity index is 654. The molecule has 0 saturated carbocycles. The Labute approximate surface area is 122 Å². The zero-order chi connectivity index (χ0) is 21.3. The molecule has 0 aliphatic carbocycles. The van der Waals surface area contributed by atoms with Crippen LogP contribution in [0.2, 0.25) is 0 Å². The molecule has 0 N–H and O–H groups in total. The van der Waals surface area contributed by atoms with Gasteiger partial charge in [-0.1, -0.05) is 0 Å². The molecule has 2 heterocycles. The van der Waals surface area contributed by atoms with Gasteiger partial charge in [0.05, 0.1) is 23.1 Å². The van der Waals surface area contributed by atoms with Crippen LogP contribution in [0.3, 0.4) is 0 Å². The molecular weight excluding hydrogens is 227 g/mol. The number of aromatic nitrogens is 2. The predicted molar refractivity (Wildman–Crippen MR) is 72.9 cm³/mol. The summed E-state index contributed by atoms with van der Waals surface area (Å²) in [6.07, 6.45) is 1.96. The Morgan fingerprint density at radius 1 is 1.22 bits per heavy atom. The molecule has 1 aromatic rings. The molecule has 100 valence electrons. The molecule has 0 aromatic carbocycles. The standard InChI is InChI=1S/C13H23BN2O2/c1-11(2,3)16-8-10(15-9-16)14-17-12(4,5)13(6,7)18-14/h8-9H,1-7H3/i1D3,2D3,3D3. The molecule has 1 aromatic heterocycles. The molecule has 0 bridgehead atoms. The summed E-state index contributed by atoms with van der Waals surface area (Å²) in [5, 5.41) is 0. The monoisotopic (exact) mass is 259 g/mol. The zero-order valence-corrected chi connectivity index (χ0v) is 10.9. The molecule has 1 aliphatic heterocycles. The van der Waals surface area contributed by atoms with Crippen LogP contribution in [0.1, 0.15) is 60.6 Å². The minimum absolute atomic E-state index is 0.0933. The molecule has 1 saturated heterocycles. The maximum atomic E-state index is 7.73. The third-order valence-electron chi connectivity index (χ3n) is 3.48. The van der Waals surface area contributed by atoms with E-state index in [1.54, 1.807) is 0 Å². The average Bonchev–Trinajstić information content (AvgIpc) is 2.88. The summed E-state index contributed by atoms with van der Waals surface area (Å²) < 4.78 is 81.9. The SMILES string of the molecule is [2H]C([2H])([2H])C(n1cnc(B2OC(C)(C)C(C)(C)O2)c1)(C([2H])([2H])[2H])C([2H])([2H])[2H]. The van der Waals surface area contributed by atoms with Crippen molar-refractivity contribution < 1.29 is 21.6 Å². The van der Waals surface area contributed by atoms with Gasteiger partial charge in [-0.15, -0.1) is 0 Å². The van der Waals surface area contributed by atoms with Crippen molar-refractivity contribution in [3.63, 3.8) is 0 Å². The van der Waals surface area contributed by atoms with Crippen molar-refractivity contribution in [1.29, 1.82) is 0 Å². The first-order valence-corrected chi connectivity index (χ1v) is 5.68. The van der Waals surface area contributed by atoms with Gasteiger partial charge < -0.3 is 13.9 Å². The van der Waals surface area contributed by atoms with E-state index in [1.807, 2.05) is 27.7 Å². The number of hydrogen-bond donors (Lipinski definition) is 0. The number of hydrogen-bond acceptors (Lipinski definition) is 3. The largest absolute Gasteiger partial charge is 0.516 e. The fourth-order valence-electron chi connectivity index (χ4n) is 1.61. The predicted octanol–water partition coefficient (Wildman–Crippen LogP) is 1.94. The summed E-state index contributed by atoms with van der Waals surface area (Å²) in [7, 11) is -0.987. The van der Waals surface area contributed by atoms with E-state index in [1.165, 1.54) is 0 Å². The van der Waals surface area contributed by atoms with Crippen LogP contribution in [0.4, 0.5) is 0 Å². The van der Waals surface area contributed by atoms with E-state index in [-0.39, 0.29) is 5.59 Å². The molecule has 0 radical (unpaired) electrons. The van der Waals surface area contributed by atoms with Gasteiger partial charge >= 0.3 is 7.12 Å². The molecule has 0 atom stereocenters. The normalized spacial score (nSPS) is 32.0. The third kappa shape index (κ3) is 2.21. The number of nitrogens with zero attached hydrogens (tertiary/aromatic N) is 2. The van der Waals surface area contributed by atoms with E-state index in [0.29, 0.717) is 4.57 Å². The van der Waals surface area contributed by atoms with Crippen molar-refractivity contribution in [3.05, 3.63) is 12.5 Å². The maximum Gasteiger partial charge on any atom is 0.516 e. The second-order valence-electron chi connectivity index (χ2n) is 5.50. The molecule has 0 amide bonds. The van der Waals surface area contributed by atoms with Crippen LogP contribution in [-0.4, -0.2) is 27.9 Å². The number of rotatable bonds is 1. The summed E-state index contributed by atoms with van der Waals surface area (Å²) in [6, 6.07) is 0. The Hall–Kier alpha value is -0.805. The van der Waals surface area contributed by atoms with Crippen molar-refractivity contribution >= 4 is 12.7 Å². The molecular formula is C13H23BN2O2. The van der Waals surface area contributed by atoms with E-state index in [2.05, 4.69) is 4.98 Å². The van der Waals surface area contributed by atoms with Crippen LogP contribution in [0, 0.1) is 0 Å². The minimum Gasteiger partial charge on any atom is -0.398 e. The maximum absolute atomic E-state index is 7.73. The molecule has 0 unspecified atom stereocenters. The Morgan fingerprint density at radius 3 is 2.28 bits per heavy atom. The summed E-state index contributed by atoms with van der Waals surface area (Å²) >= 11 is 0. The highest BCUT2D eigenvalue weighted by Crippen LogP contribution is 2.36. The van der Waals surface area contributed by atoms with Gasteiger partial charge in [0, 0.05) is 24.1 Å². The second-order valence-corrected chi connectivity index (χ2v) is 5.50. The van der Waals surface area contributed by atoms with E-state index >= 15 is 0 Å². The van der Waals surface area contributed by atoms with Crippen molar-refractivity contribution in [2.24, 2.45) is 0 Å².